The summed E-state index contributed by atoms with van der Waals surface area (Å²) in [6.07, 6.45) is 5.29. The number of nitrogens with one attached hydrogen (secondary N) is 2. The van der Waals surface area contributed by atoms with Gasteiger partial charge in [0.15, 0.2) is 5.13 Å². The van der Waals surface area contributed by atoms with Gasteiger partial charge in [-0.2, -0.15) is 0 Å². The molecular formula is C19H25N3O2S2. The highest BCUT2D eigenvalue weighted by molar-refractivity contribution is 7.16. The maximum Gasteiger partial charge on any atom is 0.267 e. The van der Waals surface area contributed by atoms with Gasteiger partial charge in [-0.15, -0.1) is 22.7 Å². The molecule has 1 aliphatic carbocycles. The second-order valence-corrected chi connectivity index (χ2v) is 9.76. The second-order valence-electron chi connectivity index (χ2n) is 7.27. The fraction of sp³-hybridized carbons (Fsp3) is 0.579. The Balaban J connectivity index is 1.33. The molecule has 1 saturated heterocycles. The number of aryl methyl sites for hydroxylation is 2. The highest BCUT2D eigenvalue weighted by Gasteiger charge is 2.40. The van der Waals surface area contributed by atoms with E-state index in [1.807, 2.05) is 6.92 Å². The molecule has 2 N–H and O–H groups in total. The molecular weight excluding hydrogens is 366 g/mol. The summed E-state index contributed by atoms with van der Waals surface area (Å²) in [6, 6.07) is 2.64. The van der Waals surface area contributed by atoms with Gasteiger partial charge in [0.2, 0.25) is 0 Å². The Bertz CT molecular complexity index is 780. The van der Waals surface area contributed by atoms with Crippen LogP contribution < -0.4 is 10.6 Å². The predicted molar refractivity (Wildman–Crippen MR) is 107 cm³/mol. The minimum absolute atomic E-state index is 0.0499. The molecule has 0 spiro atoms. The third-order valence-electron chi connectivity index (χ3n) is 5.22. The van der Waals surface area contributed by atoms with Crippen LogP contribution in [0.2, 0.25) is 0 Å². The number of carbonyl (C=O) groups excluding carboxylic acids is 1. The fourth-order valence-electron chi connectivity index (χ4n) is 3.58. The summed E-state index contributed by atoms with van der Waals surface area (Å²) in [5.74, 6) is 1.25. The third-order valence-corrected chi connectivity index (χ3v) is 7.11. The summed E-state index contributed by atoms with van der Waals surface area (Å²) in [5.41, 5.74) is 1.33. The molecule has 2 aromatic heterocycles. The number of amides is 1. The zero-order valence-corrected chi connectivity index (χ0v) is 16.8. The first kappa shape index (κ1) is 18.1. The van der Waals surface area contributed by atoms with E-state index in [0.29, 0.717) is 17.1 Å². The topological polar surface area (TPSA) is 63.2 Å². The Kier molecular flexibility index (Phi) is 5.40. The number of anilines is 1. The van der Waals surface area contributed by atoms with Crippen LogP contribution in [0.1, 0.15) is 50.2 Å². The van der Waals surface area contributed by atoms with E-state index in [9.17, 15) is 4.79 Å². The maximum atomic E-state index is 12.5. The molecule has 26 heavy (non-hydrogen) atoms. The van der Waals surface area contributed by atoms with E-state index in [0.717, 1.165) is 35.4 Å². The zero-order chi connectivity index (χ0) is 18.1. The van der Waals surface area contributed by atoms with Gasteiger partial charge in [-0.25, -0.2) is 4.98 Å². The molecule has 2 aliphatic rings. The fourth-order valence-corrected chi connectivity index (χ4v) is 5.23. The highest BCUT2D eigenvalue weighted by Crippen LogP contribution is 2.44. The first-order valence-electron chi connectivity index (χ1n) is 9.25. The van der Waals surface area contributed by atoms with Crippen LogP contribution in [0.4, 0.5) is 5.13 Å². The number of aromatic nitrogens is 1. The molecule has 2 aromatic rings. The van der Waals surface area contributed by atoms with Gasteiger partial charge in [-0.1, -0.05) is 0 Å². The van der Waals surface area contributed by atoms with Crippen LogP contribution in [-0.4, -0.2) is 36.7 Å². The lowest BCUT2D eigenvalue weighted by molar-refractivity contribution is 0.0662. The molecule has 0 bridgehead atoms. The molecule has 4 rings (SSSR count). The molecule has 7 heteroatoms. The molecule has 2 atom stereocenters. The van der Waals surface area contributed by atoms with Gasteiger partial charge in [0.05, 0.1) is 4.88 Å². The van der Waals surface area contributed by atoms with E-state index < -0.39 is 0 Å². The second kappa shape index (κ2) is 7.76. The van der Waals surface area contributed by atoms with Crippen LogP contribution in [-0.2, 0) is 4.74 Å². The van der Waals surface area contributed by atoms with E-state index in [4.69, 9.17) is 4.74 Å². The van der Waals surface area contributed by atoms with E-state index in [1.165, 1.54) is 41.0 Å². The standard InChI is InChI=1S/C19H25N3O2S2/c1-11-9-21-19(25-11)22-18(23)17-8-14(12(2)26-17)15-7-16(15)20-10-13-3-5-24-6-4-13/h8-9,13,15-16,20H,3-7,10H2,1-2H3,(H,21,22,23). The molecule has 140 valence electrons. The molecule has 0 aromatic carbocycles. The summed E-state index contributed by atoms with van der Waals surface area (Å²) >= 11 is 3.09. The third kappa shape index (κ3) is 4.17. The Morgan fingerprint density at radius 2 is 2.12 bits per heavy atom. The lowest BCUT2D eigenvalue weighted by Crippen LogP contribution is -2.29. The van der Waals surface area contributed by atoms with Gasteiger partial charge < -0.3 is 10.1 Å². The Labute approximate surface area is 162 Å². The number of hydrogen-bond acceptors (Lipinski definition) is 6. The molecule has 1 aliphatic heterocycles. The van der Waals surface area contributed by atoms with Gasteiger partial charge in [-0.3, -0.25) is 10.1 Å². The van der Waals surface area contributed by atoms with Crippen molar-refractivity contribution < 1.29 is 9.53 Å². The smallest absolute Gasteiger partial charge is 0.267 e. The summed E-state index contributed by atoms with van der Waals surface area (Å²) in [5, 5.41) is 7.30. The Morgan fingerprint density at radius 3 is 2.85 bits per heavy atom. The van der Waals surface area contributed by atoms with Gasteiger partial charge in [0.25, 0.3) is 5.91 Å². The van der Waals surface area contributed by atoms with Crippen molar-refractivity contribution in [3.05, 3.63) is 32.5 Å². The molecule has 2 fully saturated rings. The van der Waals surface area contributed by atoms with Gasteiger partial charge >= 0.3 is 0 Å². The number of carbonyl (C=O) groups is 1. The van der Waals surface area contributed by atoms with Crippen molar-refractivity contribution in [3.8, 4) is 0 Å². The summed E-state index contributed by atoms with van der Waals surface area (Å²) in [4.78, 5) is 19.8. The van der Waals surface area contributed by atoms with Crippen molar-refractivity contribution in [2.75, 3.05) is 25.1 Å². The van der Waals surface area contributed by atoms with Gasteiger partial charge in [0.1, 0.15) is 0 Å². The van der Waals surface area contributed by atoms with Crippen molar-refractivity contribution in [2.45, 2.75) is 45.1 Å². The largest absolute Gasteiger partial charge is 0.381 e. The van der Waals surface area contributed by atoms with Crippen molar-refractivity contribution in [1.29, 1.82) is 0 Å². The van der Waals surface area contributed by atoms with Crippen LogP contribution in [0.5, 0.6) is 0 Å². The van der Waals surface area contributed by atoms with Crippen LogP contribution >= 0.6 is 22.7 Å². The number of rotatable bonds is 6. The molecule has 3 heterocycles. The van der Waals surface area contributed by atoms with Gasteiger partial charge in [-0.05, 0) is 57.2 Å². The molecule has 5 nitrogen and oxygen atoms in total. The first-order chi connectivity index (χ1) is 12.6. The summed E-state index contributed by atoms with van der Waals surface area (Å²) < 4.78 is 5.43. The highest BCUT2D eigenvalue weighted by atomic mass is 32.1. The number of thiazole rings is 1. The molecule has 2 unspecified atom stereocenters. The normalized spacial score (nSPS) is 23.2. The van der Waals surface area contributed by atoms with E-state index >= 15 is 0 Å². The lowest BCUT2D eigenvalue weighted by atomic mass is 10.0. The summed E-state index contributed by atoms with van der Waals surface area (Å²) in [6.45, 7) is 7.01. The van der Waals surface area contributed by atoms with E-state index in [2.05, 4.69) is 28.6 Å². The van der Waals surface area contributed by atoms with Crippen molar-refractivity contribution >= 4 is 33.7 Å². The minimum Gasteiger partial charge on any atom is -0.381 e. The Morgan fingerprint density at radius 1 is 1.31 bits per heavy atom. The molecule has 1 amide bonds. The number of hydrogen-bond donors (Lipinski definition) is 2. The van der Waals surface area contributed by atoms with Gasteiger partial charge in [0, 0.05) is 41.1 Å². The Hall–Kier alpha value is -1.28. The van der Waals surface area contributed by atoms with E-state index in [1.54, 1.807) is 17.5 Å². The van der Waals surface area contributed by atoms with Crippen LogP contribution in [0.15, 0.2) is 12.3 Å². The summed E-state index contributed by atoms with van der Waals surface area (Å²) in [7, 11) is 0. The van der Waals surface area contributed by atoms with Crippen LogP contribution in [0.3, 0.4) is 0 Å². The van der Waals surface area contributed by atoms with E-state index in [-0.39, 0.29) is 5.91 Å². The average Bonchev–Trinajstić information content (AvgIpc) is 3.12. The average molecular weight is 392 g/mol. The van der Waals surface area contributed by atoms with Crippen LogP contribution in [0.25, 0.3) is 0 Å². The maximum absolute atomic E-state index is 12.5. The number of nitrogens with zero attached hydrogens (tertiary/aromatic N) is 1. The minimum atomic E-state index is -0.0499. The van der Waals surface area contributed by atoms with Crippen LogP contribution in [0, 0.1) is 19.8 Å². The lowest BCUT2D eigenvalue weighted by Gasteiger charge is -2.22. The van der Waals surface area contributed by atoms with Crippen molar-refractivity contribution in [1.82, 2.24) is 10.3 Å². The number of ether oxygens (including phenoxy) is 1. The zero-order valence-electron chi connectivity index (χ0n) is 15.2. The SMILES string of the molecule is Cc1cnc(NC(=O)c2cc(C3CC3NCC3CCOCC3)c(C)s2)s1. The quantitative estimate of drug-likeness (QED) is 0.783. The van der Waals surface area contributed by atoms with Crippen molar-refractivity contribution in [3.63, 3.8) is 0 Å². The monoisotopic (exact) mass is 391 g/mol. The predicted octanol–water partition coefficient (Wildman–Crippen LogP) is 3.95. The first-order valence-corrected chi connectivity index (χ1v) is 10.9. The molecule has 0 radical (unpaired) electrons. The van der Waals surface area contributed by atoms with Crippen molar-refractivity contribution in [2.24, 2.45) is 5.92 Å². The number of thiophene rings is 1. The molecule has 1 saturated carbocycles.